The molecule has 1 aliphatic rings. The molecule has 0 bridgehead atoms. The van der Waals surface area contributed by atoms with E-state index in [1.54, 1.807) is 0 Å². The zero-order valence-electron chi connectivity index (χ0n) is 17.2. The van der Waals surface area contributed by atoms with Gasteiger partial charge in [-0.2, -0.15) is 5.10 Å². The van der Waals surface area contributed by atoms with Crippen LogP contribution in [0.15, 0.2) is 60.9 Å². The van der Waals surface area contributed by atoms with Crippen molar-refractivity contribution in [3.63, 3.8) is 0 Å². The topological polar surface area (TPSA) is 123 Å². The van der Waals surface area contributed by atoms with Crippen molar-refractivity contribution in [3.05, 3.63) is 72.1 Å². The van der Waals surface area contributed by atoms with E-state index in [-0.39, 0.29) is 37.9 Å². The Bertz CT molecular complexity index is 1110. The van der Waals surface area contributed by atoms with Crippen LogP contribution in [0.1, 0.15) is 23.5 Å². The summed E-state index contributed by atoms with van der Waals surface area (Å²) in [5.41, 5.74) is 4.95. The maximum atomic E-state index is 12.3. The molecule has 0 unspecified atom stereocenters. The van der Waals surface area contributed by atoms with Gasteiger partial charge in [0.2, 0.25) is 5.91 Å². The lowest BCUT2D eigenvalue weighted by molar-refractivity contribution is -0.136. The van der Waals surface area contributed by atoms with Gasteiger partial charge in [0.15, 0.2) is 0 Å². The highest BCUT2D eigenvalue weighted by Gasteiger charge is 2.29. The fourth-order valence-electron chi connectivity index (χ4n) is 3.78. The van der Waals surface area contributed by atoms with Crippen molar-refractivity contribution < 1.29 is 24.2 Å². The van der Waals surface area contributed by atoms with Gasteiger partial charge in [0.1, 0.15) is 13.2 Å². The third-order valence-electron chi connectivity index (χ3n) is 5.19. The lowest BCUT2D eigenvalue weighted by atomic mass is 9.98. The van der Waals surface area contributed by atoms with Crippen LogP contribution in [0.2, 0.25) is 0 Å². The Hall–Kier alpha value is -4.14. The van der Waals surface area contributed by atoms with Crippen LogP contribution in [0.25, 0.3) is 11.1 Å². The van der Waals surface area contributed by atoms with Gasteiger partial charge in [-0.05, 0) is 22.3 Å². The fraction of sp³-hybridized carbons (Fsp3) is 0.217. The van der Waals surface area contributed by atoms with Gasteiger partial charge in [0.05, 0.1) is 18.3 Å². The summed E-state index contributed by atoms with van der Waals surface area (Å²) in [6, 6.07) is 16.2. The Morgan fingerprint density at radius 3 is 2.34 bits per heavy atom. The molecular formula is C23H22N4O5. The standard InChI is InChI=1S/C23H22N4O5/c28-21(24-10-9-22(29)30)13-27-12-15(11-25-27)26-23(31)32-14-20-18-7-3-1-5-16(18)17-6-2-4-8-19(17)20/h1-8,11-12,20H,9-10,13-14H2,(H,24,28)(H,26,31)(H,29,30). The zero-order valence-corrected chi connectivity index (χ0v) is 17.2. The molecule has 1 heterocycles. The van der Waals surface area contributed by atoms with Gasteiger partial charge in [-0.1, -0.05) is 48.5 Å². The van der Waals surface area contributed by atoms with E-state index in [2.05, 4.69) is 27.9 Å². The van der Waals surface area contributed by atoms with Crippen molar-refractivity contribution in [2.24, 2.45) is 0 Å². The number of carboxylic acid groups (broad SMARTS) is 1. The number of rotatable bonds is 8. The molecule has 3 N–H and O–H groups in total. The summed E-state index contributed by atoms with van der Waals surface area (Å²) in [7, 11) is 0. The zero-order chi connectivity index (χ0) is 22.5. The smallest absolute Gasteiger partial charge is 0.411 e. The van der Waals surface area contributed by atoms with E-state index in [1.807, 2.05) is 36.4 Å². The number of anilines is 1. The molecule has 0 radical (unpaired) electrons. The second-order valence-corrected chi connectivity index (χ2v) is 7.37. The molecule has 0 fully saturated rings. The number of carbonyl (C=O) groups is 3. The molecule has 0 saturated carbocycles. The molecular weight excluding hydrogens is 412 g/mol. The molecule has 9 heteroatoms. The third kappa shape index (κ3) is 4.77. The number of aromatic nitrogens is 2. The number of nitrogens with one attached hydrogen (secondary N) is 2. The highest BCUT2D eigenvalue weighted by Crippen LogP contribution is 2.44. The first-order valence-electron chi connectivity index (χ1n) is 10.1. The molecule has 0 atom stereocenters. The van der Waals surface area contributed by atoms with Crippen LogP contribution in [0.4, 0.5) is 10.5 Å². The number of fused-ring (bicyclic) bond motifs is 3. The van der Waals surface area contributed by atoms with E-state index < -0.39 is 12.1 Å². The van der Waals surface area contributed by atoms with Crippen LogP contribution in [-0.4, -0.2) is 46.0 Å². The first-order valence-corrected chi connectivity index (χ1v) is 10.1. The Balaban J connectivity index is 1.31. The van der Waals surface area contributed by atoms with Gasteiger partial charge in [0.25, 0.3) is 0 Å². The maximum Gasteiger partial charge on any atom is 0.411 e. The number of hydrogen-bond donors (Lipinski definition) is 3. The predicted molar refractivity (Wildman–Crippen MR) is 116 cm³/mol. The molecule has 0 spiro atoms. The summed E-state index contributed by atoms with van der Waals surface area (Å²) < 4.78 is 6.83. The summed E-state index contributed by atoms with van der Waals surface area (Å²) in [6.45, 7) is 0.145. The van der Waals surface area contributed by atoms with E-state index in [0.29, 0.717) is 5.69 Å². The van der Waals surface area contributed by atoms with Gasteiger partial charge in [-0.3, -0.25) is 19.6 Å². The molecule has 0 saturated heterocycles. The Labute approximate surface area is 184 Å². The average molecular weight is 434 g/mol. The van der Waals surface area contributed by atoms with Gasteiger partial charge >= 0.3 is 12.1 Å². The highest BCUT2D eigenvalue weighted by molar-refractivity contribution is 5.85. The second-order valence-electron chi connectivity index (χ2n) is 7.37. The molecule has 3 aromatic rings. The van der Waals surface area contributed by atoms with Crippen LogP contribution >= 0.6 is 0 Å². The van der Waals surface area contributed by atoms with Crippen molar-refractivity contribution in [3.8, 4) is 11.1 Å². The maximum absolute atomic E-state index is 12.3. The summed E-state index contributed by atoms with van der Waals surface area (Å²) in [5, 5.41) is 17.7. The minimum absolute atomic E-state index is 0.0367. The lowest BCUT2D eigenvalue weighted by Crippen LogP contribution is -2.29. The van der Waals surface area contributed by atoms with Crippen LogP contribution in [-0.2, 0) is 20.9 Å². The Kier molecular flexibility index (Phi) is 6.16. The molecule has 0 aliphatic heterocycles. The predicted octanol–water partition coefficient (Wildman–Crippen LogP) is 2.84. The van der Waals surface area contributed by atoms with E-state index >= 15 is 0 Å². The number of nitrogens with zero attached hydrogens (tertiary/aromatic N) is 2. The number of carboxylic acids is 1. The van der Waals surface area contributed by atoms with Crippen molar-refractivity contribution in [1.82, 2.24) is 15.1 Å². The third-order valence-corrected chi connectivity index (χ3v) is 5.19. The van der Waals surface area contributed by atoms with E-state index in [1.165, 1.54) is 17.1 Å². The summed E-state index contributed by atoms with van der Waals surface area (Å²) in [6.07, 6.45) is 2.14. The van der Waals surface area contributed by atoms with E-state index in [4.69, 9.17) is 9.84 Å². The minimum Gasteiger partial charge on any atom is -0.481 e. The summed E-state index contributed by atoms with van der Waals surface area (Å²) in [5.74, 6) is -1.40. The molecule has 2 amide bonds. The van der Waals surface area contributed by atoms with Crippen LogP contribution in [0, 0.1) is 0 Å². The molecule has 2 aromatic carbocycles. The van der Waals surface area contributed by atoms with Crippen molar-refractivity contribution in [2.45, 2.75) is 18.9 Å². The first kappa shape index (κ1) is 21.1. The van der Waals surface area contributed by atoms with E-state index in [0.717, 1.165) is 22.3 Å². The Morgan fingerprint density at radius 2 is 1.69 bits per heavy atom. The van der Waals surface area contributed by atoms with Gasteiger partial charge in [0, 0.05) is 18.7 Å². The molecule has 1 aromatic heterocycles. The molecule has 4 rings (SSSR count). The van der Waals surface area contributed by atoms with Crippen LogP contribution < -0.4 is 10.6 Å². The fourth-order valence-corrected chi connectivity index (χ4v) is 3.78. The summed E-state index contributed by atoms with van der Waals surface area (Å²) >= 11 is 0. The van der Waals surface area contributed by atoms with Crippen molar-refractivity contribution >= 4 is 23.7 Å². The number of aliphatic carboxylic acids is 1. The summed E-state index contributed by atoms with van der Waals surface area (Å²) in [4.78, 5) is 34.6. The monoisotopic (exact) mass is 434 g/mol. The van der Waals surface area contributed by atoms with Crippen molar-refractivity contribution in [2.75, 3.05) is 18.5 Å². The van der Waals surface area contributed by atoms with Gasteiger partial charge in [-0.25, -0.2) is 4.79 Å². The molecule has 164 valence electrons. The minimum atomic E-state index is -0.987. The SMILES string of the molecule is O=C(O)CCNC(=O)Cn1cc(NC(=O)OCC2c3ccccc3-c3ccccc32)cn1. The quantitative estimate of drug-likeness (QED) is 0.501. The van der Waals surface area contributed by atoms with Crippen molar-refractivity contribution in [1.29, 1.82) is 0 Å². The van der Waals surface area contributed by atoms with Crippen LogP contribution in [0.3, 0.4) is 0 Å². The number of amides is 2. The number of ether oxygens (including phenoxy) is 1. The molecule has 32 heavy (non-hydrogen) atoms. The first-order chi connectivity index (χ1) is 15.5. The molecule has 9 nitrogen and oxygen atoms in total. The largest absolute Gasteiger partial charge is 0.481 e. The van der Waals surface area contributed by atoms with Gasteiger partial charge < -0.3 is 15.2 Å². The molecule has 1 aliphatic carbocycles. The van der Waals surface area contributed by atoms with Gasteiger partial charge in [-0.15, -0.1) is 0 Å². The Morgan fingerprint density at radius 1 is 1.03 bits per heavy atom. The van der Waals surface area contributed by atoms with E-state index in [9.17, 15) is 14.4 Å². The highest BCUT2D eigenvalue weighted by atomic mass is 16.5. The average Bonchev–Trinajstić information content (AvgIpc) is 3.34. The number of hydrogen-bond acceptors (Lipinski definition) is 5. The number of benzene rings is 2. The number of carbonyl (C=O) groups excluding carboxylic acids is 2. The second kappa shape index (κ2) is 9.34. The lowest BCUT2D eigenvalue weighted by Gasteiger charge is -2.14. The normalized spacial score (nSPS) is 12.0. The van der Waals surface area contributed by atoms with Crippen LogP contribution in [0.5, 0.6) is 0 Å².